The first kappa shape index (κ1) is 12.5. The summed E-state index contributed by atoms with van der Waals surface area (Å²) in [5.74, 6) is -0.189. The highest BCUT2D eigenvalue weighted by atomic mass is 16.5. The van der Waals surface area contributed by atoms with Gasteiger partial charge in [-0.05, 0) is 12.8 Å². The zero-order valence-electron chi connectivity index (χ0n) is 9.82. The number of carbonyl (C=O) groups is 1. The Balaban J connectivity index is 2.19. The molecule has 4 nitrogen and oxygen atoms in total. The van der Waals surface area contributed by atoms with Gasteiger partial charge in [0.05, 0.1) is 5.60 Å². The molecule has 0 aromatic carbocycles. The topological polar surface area (TPSA) is 49.8 Å². The summed E-state index contributed by atoms with van der Waals surface area (Å²) in [6.07, 6.45) is 1.18. The third kappa shape index (κ3) is 3.80. The number of likely N-dealkylation sites (tertiary alicyclic amines) is 1. The second-order valence-electron chi connectivity index (χ2n) is 4.82. The highest BCUT2D eigenvalue weighted by Crippen LogP contribution is 2.25. The van der Waals surface area contributed by atoms with Gasteiger partial charge in [-0.1, -0.05) is 20.3 Å². The molecule has 4 heteroatoms. The van der Waals surface area contributed by atoms with Gasteiger partial charge < -0.3 is 9.84 Å². The summed E-state index contributed by atoms with van der Waals surface area (Å²) in [6, 6.07) is 0. The van der Waals surface area contributed by atoms with Crippen LogP contribution in [0.3, 0.4) is 0 Å². The molecule has 1 saturated heterocycles. The third-order valence-corrected chi connectivity index (χ3v) is 2.93. The van der Waals surface area contributed by atoms with Crippen molar-refractivity contribution in [1.82, 2.24) is 4.90 Å². The maximum atomic E-state index is 10.4. The average molecular weight is 215 g/mol. The Morgan fingerprint density at radius 3 is 2.67 bits per heavy atom. The number of ether oxygens (including phenoxy) is 1. The lowest BCUT2D eigenvalue weighted by molar-refractivity contribution is -0.165. The fraction of sp³-hybridized carbons (Fsp3) is 0.909. The summed E-state index contributed by atoms with van der Waals surface area (Å²) < 4.78 is 5.33. The number of nitrogens with zero attached hydrogens (tertiary/aromatic N) is 1. The molecule has 88 valence electrons. The first-order valence-corrected chi connectivity index (χ1v) is 5.53. The minimum absolute atomic E-state index is 0.187. The monoisotopic (exact) mass is 215 g/mol. The Bertz CT molecular complexity index is 224. The van der Waals surface area contributed by atoms with Gasteiger partial charge in [-0.2, -0.15) is 0 Å². The van der Waals surface area contributed by atoms with Crippen molar-refractivity contribution in [3.63, 3.8) is 0 Å². The second kappa shape index (κ2) is 4.94. The standard InChI is InChI=1S/C11H21NO3/c1-4-9(2)5-12-7-11(3,8-12)15-6-10(13)14/h9H,4-8H2,1-3H3,(H,13,14). The van der Waals surface area contributed by atoms with Crippen LogP contribution in [0.2, 0.25) is 0 Å². The fourth-order valence-electron chi connectivity index (χ4n) is 1.93. The Kier molecular flexibility index (Phi) is 4.11. The summed E-state index contributed by atoms with van der Waals surface area (Å²) >= 11 is 0. The molecule has 15 heavy (non-hydrogen) atoms. The van der Waals surface area contributed by atoms with E-state index in [4.69, 9.17) is 9.84 Å². The van der Waals surface area contributed by atoms with Gasteiger partial charge in [0.2, 0.25) is 0 Å². The Hall–Kier alpha value is -0.610. The smallest absolute Gasteiger partial charge is 0.329 e. The van der Waals surface area contributed by atoms with Crippen molar-refractivity contribution in [1.29, 1.82) is 0 Å². The summed E-state index contributed by atoms with van der Waals surface area (Å²) in [4.78, 5) is 12.7. The SMILES string of the molecule is CCC(C)CN1CC(C)(OCC(=O)O)C1. The number of hydrogen-bond donors (Lipinski definition) is 1. The summed E-state index contributed by atoms with van der Waals surface area (Å²) in [6.45, 7) is 8.99. The van der Waals surface area contributed by atoms with Crippen molar-refractivity contribution in [3.05, 3.63) is 0 Å². The third-order valence-electron chi connectivity index (χ3n) is 2.93. The maximum Gasteiger partial charge on any atom is 0.329 e. The first-order valence-electron chi connectivity index (χ1n) is 5.53. The fourth-order valence-corrected chi connectivity index (χ4v) is 1.93. The lowest BCUT2D eigenvalue weighted by Crippen LogP contribution is -2.62. The van der Waals surface area contributed by atoms with Crippen LogP contribution in [0.25, 0.3) is 0 Å². The molecule has 0 bridgehead atoms. The molecule has 1 rings (SSSR count). The molecule has 0 amide bonds. The predicted octanol–water partition coefficient (Wildman–Crippen LogP) is 1.21. The van der Waals surface area contributed by atoms with Crippen LogP contribution < -0.4 is 0 Å². The van der Waals surface area contributed by atoms with Gasteiger partial charge in [0.1, 0.15) is 6.61 Å². The first-order chi connectivity index (χ1) is 6.95. The van der Waals surface area contributed by atoms with Gasteiger partial charge in [0.15, 0.2) is 0 Å². The normalized spacial score (nSPS) is 22.1. The van der Waals surface area contributed by atoms with E-state index < -0.39 is 5.97 Å². The van der Waals surface area contributed by atoms with E-state index in [2.05, 4.69) is 18.7 Å². The predicted molar refractivity (Wildman–Crippen MR) is 57.9 cm³/mol. The molecule has 1 aliphatic heterocycles. The van der Waals surface area contributed by atoms with Gasteiger partial charge in [-0.25, -0.2) is 4.79 Å². The van der Waals surface area contributed by atoms with E-state index in [1.807, 2.05) is 6.92 Å². The zero-order chi connectivity index (χ0) is 11.5. The Labute approximate surface area is 91.2 Å². The van der Waals surface area contributed by atoms with E-state index in [1.54, 1.807) is 0 Å². The largest absolute Gasteiger partial charge is 0.480 e. The van der Waals surface area contributed by atoms with Gasteiger partial charge >= 0.3 is 5.97 Å². The molecule has 0 saturated carbocycles. The van der Waals surface area contributed by atoms with Crippen molar-refractivity contribution in [2.75, 3.05) is 26.2 Å². The van der Waals surface area contributed by atoms with Crippen molar-refractivity contribution in [3.8, 4) is 0 Å². The molecule has 1 heterocycles. The van der Waals surface area contributed by atoms with Gasteiger partial charge in [-0.15, -0.1) is 0 Å². The summed E-state index contributed by atoms with van der Waals surface area (Å²) in [5, 5.41) is 8.51. The minimum atomic E-state index is -0.892. The van der Waals surface area contributed by atoms with E-state index in [-0.39, 0.29) is 12.2 Å². The van der Waals surface area contributed by atoms with E-state index in [9.17, 15) is 4.79 Å². The maximum absolute atomic E-state index is 10.4. The number of aliphatic carboxylic acids is 1. The van der Waals surface area contributed by atoms with Crippen LogP contribution >= 0.6 is 0 Å². The van der Waals surface area contributed by atoms with Crippen molar-refractivity contribution in [2.24, 2.45) is 5.92 Å². The van der Waals surface area contributed by atoms with Crippen LogP contribution in [0.5, 0.6) is 0 Å². The quantitative estimate of drug-likeness (QED) is 0.723. The van der Waals surface area contributed by atoms with Gasteiger partial charge in [-0.3, -0.25) is 4.90 Å². The Morgan fingerprint density at radius 2 is 2.20 bits per heavy atom. The van der Waals surface area contributed by atoms with Crippen LogP contribution in [0.4, 0.5) is 0 Å². The molecule has 1 atom stereocenters. The molecule has 1 fully saturated rings. The molecule has 1 aliphatic rings. The van der Waals surface area contributed by atoms with E-state index >= 15 is 0 Å². The number of carboxylic acids is 1. The highest BCUT2D eigenvalue weighted by molar-refractivity contribution is 5.68. The molecule has 1 unspecified atom stereocenters. The molecular weight excluding hydrogens is 194 g/mol. The van der Waals surface area contributed by atoms with Gasteiger partial charge in [0, 0.05) is 19.6 Å². The number of rotatable bonds is 6. The van der Waals surface area contributed by atoms with E-state index in [0.717, 1.165) is 19.6 Å². The molecule has 1 N–H and O–H groups in total. The number of carboxylic acid groups (broad SMARTS) is 1. The number of hydrogen-bond acceptors (Lipinski definition) is 3. The van der Waals surface area contributed by atoms with Crippen LogP contribution in [0.1, 0.15) is 27.2 Å². The molecular formula is C11H21NO3. The highest BCUT2D eigenvalue weighted by Gasteiger charge is 2.40. The summed E-state index contributed by atoms with van der Waals surface area (Å²) in [5.41, 5.74) is -0.244. The average Bonchev–Trinajstić information content (AvgIpc) is 2.12. The lowest BCUT2D eigenvalue weighted by atomic mass is 9.94. The second-order valence-corrected chi connectivity index (χ2v) is 4.82. The van der Waals surface area contributed by atoms with E-state index in [0.29, 0.717) is 5.92 Å². The van der Waals surface area contributed by atoms with Crippen molar-refractivity contribution >= 4 is 5.97 Å². The lowest BCUT2D eigenvalue weighted by Gasteiger charge is -2.48. The van der Waals surface area contributed by atoms with E-state index in [1.165, 1.54) is 6.42 Å². The Morgan fingerprint density at radius 1 is 1.60 bits per heavy atom. The van der Waals surface area contributed by atoms with Crippen LogP contribution in [0, 0.1) is 5.92 Å². The van der Waals surface area contributed by atoms with Crippen LogP contribution in [0.15, 0.2) is 0 Å². The van der Waals surface area contributed by atoms with Crippen molar-refractivity contribution < 1.29 is 14.6 Å². The zero-order valence-corrected chi connectivity index (χ0v) is 9.82. The summed E-state index contributed by atoms with van der Waals surface area (Å²) in [7, 11) is 0. The molecule has 0 aromatic rings. The molecule has 0 aromatic heterocycles. The minimum Gasteiger partial charge on any atom is -0.480 e. The molecule has 0 spiro atoms. The van der Waals surface area contributed by atoms with Gasteiger partial charge in [0.25, 0.3) is 0 Å². The van der Waals surface area contributed by atoms with Crippen molar-refractivity contribution in [2.45, 2.75) is 32.8 Å². The van der Waals surface area contributed by atoms with Crippen LogP contribution in [-0.2, 0) is 9.53 Å². The van der Waals surface area contributed by atoms with Crippen LogP contribution in [-0.4, -0.2) is 47.8 Å². The molecule has 0 radical (unpaired) electrons. The molecule has 0 aliphatic carbocycles.